The number of hydrogen-bond donors (Lipinski definition) is 1. The summed E-state index contributed by atoms with van der Waals surface area (Å²) in [6, 6.07) is 5.88. The minimum Gasteiger partial charge on any atom is -0.496 e. The van der Waals surface area contributed by atoms with Gasteiger partial charge in [-0.1, -0.05) is 31.7 Å². The van der Waals surface area contributed by atoms with Crippen LogP contribution in [0.25, 0.3) is 0 Å². The number of hydrogen-bond acceptors (Lipinski definition) is 3. The van der Waals surface area contributed by atoms with Crippen LogP contribution < -0.4 is 15.2 Å². The van der Waals surface area contributed by atoms with Gasteiger partial charge in [-0.05, 0) is 25.0 Å². The van der Waals surface area contributed by atoms with Crippen LogP contribution in [-0.4, -0.2) is 14.2 Å². The summed E-state index contributed by atoms with van der Waals surface area (Å²) in [5, 5.41) is 0. The van der Waals surface area contributed by atoms with Gasteiger partial charge in [0.25, 0.3) is 0 Å². The third kappa shape index (κ3) is 2.46. The van der Waals surface area contributed by atoms with E-state index < -0.39 is 0 Å². The van der Waals surface area contributed by atoms with E-state index in [4.69, 9.17) is 15.2 Å². The molecule has 100 valence electrons. The lowest BCUT2D eigenvalue weighted by atomic mass is 9.82. The Balaban J connectivity index is 2.46. The van der Waals surface area contributed by atoms with Gasteiger partial charge in [-0.3, -0.25) is 0 Å². The molecule has 1 fully saturated rings. The molecule has 1 aromatic rings. The zero-order chi connectivity index (χ0) is 13.0. The lowest BCUT2D eigenvalue weighted by Crippen LogP contribution is -2.36. The van der Waals surface area contributed by atoms with Gasteiger partial charge in [-0.2, -0.15) is 0 Å². The summed E-state index contributed by atoms with van der Waals surface area (Å²) >= 11 is 0. The Bertz CT molecular complexity index is 373. The number of rotatable bonds is 3. The smallest absolute Gasteiger partial charge is 0.127 e. The topological polar surface area (TPSA) is 44.5 Å². The van der Waals surface area contributed by atoms with Crippen molar-refractivity contribution >= 4 is 0 Å². The van der Waals surface area contributed by atoms with E-state index in [9.17, 15) is 0 Å². The normalized spacial score (nSPS) is 19.1. The summed E-state index contributed by atoms with van der Waals surface area (Å²) in [5.41, 5.74) is 7.40. The van der Waals surface area contributed by atoms with Crippen molar-refractivity contribution in [1.29, 1.82) is 0 Å². The molecule has 0 bridgehead atoms. The molecule has 0 saturated heterocycles. The van der Waals surface area contributed by atoms with Crippen molar-refractivity contribution in [2.24, 2.45) is 5.73 Å². The van der Waals surface area contributed by atoms with Crippen LogP contribution >= 0.6 is 0 Å². The molecule has 18 heavy (non-hydrogen) atoms. The summed E-state index contributed by atoms with van der Waals surface area (Å²) < 4.78 is 11.0. The second-order valence-corrected chi connectivity index (χ2v) is 5.11. The van der Waals surface area contributed by atoms with E-state index in [0.29, 0.717) is 0 Å². The first-order chi connectivity index (χ1) is 8.71. The SMILES string of the molecule is COc1cccc(OC)c1C1(N)CCCCCC1. The van der Waals surface area contributed by atoms with Gasteiger partial charge in [0.2, 0.25) is 0 Å². The highest BCUT2D eigenvalue weighted by molar-refractivity contribution is 5.49. The molecule has 2 N–H and O–H groups in total. The summed E-state index contributed by atoms with van der Waals surface area (Å²) in [5.74, 6) is 1.69. The van der Waals surface area contributed by atoms with Gasteiger partial charge in [0.15, 0.2) is 0 Å². The Hall–Kier alpha value is -1.22. The van der Waals surface area contributed by atoms with Crippen LogP contribution in [0.4, 0.5) is 0 Å². The van der Waals surface area contributed by atoms with Crippen LogP contribution in [0.3, 0.4) is 0 Å². The highest BCUT2D eigenvalue weighted by atomic mass is 16.5. The molecule has 0 amide bonds. The Morgan fingerprint density at radius 2 is 1.44 bits per heavy atom. The van der Waals surface area contributed by atoms with Crippen molar-refractivity contribution in [2.75, 3.05) is 14.2 Å². The standard InChI is InChI=1S/C15H23NO2/c1-17-12-8-7-9-13(18-2)14(12)15(16)10-5-3-4-6-11-15/h7-9H,3-6,10-11,16H2,1-2H3. The highest BCUT2D eigenvalue weighted by Gasteiger charge is 2.33. The maximum atomic E-state index is 6.67. The fraction of sp³-hybridized carbons (Fsp3) is 0.600. The van der Waals surface area contributed by atoms with E-state index in [2.05, 4.69) is 0 Å². The van der Waals surface area contributed by atoms with Gasteiger partial charge in [-0.25, -0.2) is 0 Å². The predicted molar refractivity (Wildman–Crippen MR) is 73.1 cm³/mol. The molecule has 3 heteroatoms. The largest absolute Gasteiger partial charge is 0.496 e. The molecule has 1 aromatic carbocycles. The molecule has 1 aliphatic rings. The molecular weight excluding hydrogens is 226 g/mol. The second kappa shape index (κ2) is 5.61. The number of benzene rings is 1. The summed E-state index contributed by atoms with van der Waals surface area (Å²) in [6.07, 6.45) is 6.91. The maximum absolute atomic E-state index is 6.67. The maximum Gasteiger partial charge on any atom is 0.127 e. The third-order valence-electron chi connectivity index (χ3n) is 3.92. The molecular formula is C15H23NO2. The lowest BCUT2D eigenvalue weighted by Gasteiger charge is -2.31. The van der Waals surface area contributed by atoms with Crippen molar-refractivity contribution in [3.63, 3.8) is 0 Å². The molecule has 2 rings (SSSR count). The second-order valence-electron chi connectivity index (χ2n) is 5.11. The number of ether oxygens (including phenoxy) is 2. The van der Waals surface area contributed by atoms with E-state index >= 15 is 0 Å². The van der Waals surface area contributed by atoms with Crippen LogP contribution in [-0.2, 0) is 5.54 Å². The molecule has 0 radical (unpaired) electrons. The van der Waals surface area contributed by atoms with Crippen LogP contribution in [0.15, 0.2) is 18.2 Å². The third-order valence-corrected chi connectivity index (χ3v) is 3.92. The average molecular weight is 249 g/mol. The first kappa shape index (κ1) is 13.2. The van der Waals surface area contributed by atoms with Gasteiger partial charge in [-0.15, -0.1) is 0 Å². The fourth-order valence-electron chi connectivity index (χ4n) is 2.95. The molecule has 0 unspecified atom stereocenters. The quantitative estimate of drug-likeness (QED) is 0.837. The van der Waals surface area contributed by atoms with Gasteiger partial charge >= 0.3 is 0 Å². The van der Waals surface area contributed by atoms with Crippen molar-refractivity contribution in [3.05, 3.63) is 23.8 Å². The number of nitrogens with two attached hydrogens (primary N) is 1. The molecule has 0 spiro atoms. The highest BCUT2D eigenvalue weighted by Crippen LogP contribution is 2.43. The number of methoxy groups -OCH3 is 2. The van der Waals surface area contributed by atoms with E-state index in [-0.39, 0.29) is 5.54 Å². The summed E-state index contributed by atoms with van der Waals surface area (Å²) in [6.45, 7) is 0. The minimum atomic E-state index is -0.311. The Labute approximate surface area is 109 Å². The lowest BCUT2D eigenvalue weighted by molar-refractivity contribution is 0.323. The van der Waals surface area contributed by atoms with E-state index in [1.54, 1.807) is 14.2 Å². The monoisotopic (exact) mass is 249 g/mol. The van der Waals surface area contributed by atoms with Crippen molar-refractivity contribution in [3.8, 4) is 11.5 Å². The predicted octanol–water partition coefficient (Wildman–Crippen LogP) is 3.21. The van der Waals surface area contributed by atoms with Crippen LogP contribution in [0, 0.1) is 0 Å². The first-order valence-corrected chi connectivity index (χ1v) is 6.71. The average Bonchev–Trinajstić information content (AvgIpc) is 2.63. The molecule has 0 atom stereocenters. The van der Waals surface area contributed by atoms with Gasteiger partial charge in [0.05, 0.1) is 19.8 Å². The molecule has 1 saturated carbocycles. The minimum absolute atomic E-state index is 0.311. The zero-order valence-corrected chi connectivity index (χ0v) is 11.4. The summed E-state index contributed by atoms with van der Waals surface area (Å²) in [4.78, 5) is 0. The zero-order valence-electron chi connectivity index (χ0n) is 11.4. The molecule has 0 aliphatic heterocycles. The van der Waals surface area contributed by atoms with E-state index in [1.165, 1.54) is 25.7 Å². The molecule has 1 aliphatic carbocycles. The van der Waals surface area contributed by atoms with Crippen LogP contribution in [0.1, 0.15) is 44.1 Å². The van der Waals surface area contributed by atoms with E-state index in [0.717, 1.165) is 29.9 Å². The van der Waals surface area contributed by atoms with Crippen molar-refractivity contribution in [2.45, 2.75) is 44.1 Å². The fourth-order valence-corrected chi connectivity index (χ4v) is 2.95. The van der Waals surface area contributed by atoms with Crippen molar-refractivity contribution in [1.82, 2.24) is 0 Å². The van der Waals surface area contributed by atoms with E-state index in [1.807, 2.05) is 18.2 Å². The van der Waals surface area contributed by atoms with Gasteiger partial charge in [0, 0.05) is 5.54 Å². The summed E-state index contributed by atoms with van der Waals surface area (Å²) in [7, 11) is 3.39. The Kier molecular flexibility index (Phi) is 4.12. The van der Waals surface area contributed by atoms with Crippen LogP contribution in [0.2, 0.25) is 0 Å². The van der Waals surface area contributed by atoms with Crippen LogP contribution in [0.5, 0.6) is 11.5 Å². The van der Waals surface area contributed by atoms with Gasteiger partial charge in [0.1, 0.15) is 11.5 Å². The van der Waals surface area contributed by atoms with Gasteiger partial charge < -0.3 is 15.2 Å². The molecule has 0 aromatic heterocycles. The Morgan fingerprint density at radius 3 is 1.89 bits per heavy atom. The molecule has 0 heterocycles. The molecule has 3 nitrogen and oxygen atoms in total. The Morgan fingerprint density at radius 1 is 0.944 bits per heavy atom. The van der Waals surface area contributed by atoms with Crippen molar-refractivity contribution < 1.29 is 9.47 Å². The first-order valence-electron chi connectivity index (χ1n) is 6.71.